The van der Waals surface area contributed by atoms with Gasteiger partial charge in [0.1, 0.15) is 11.3 Å². The number of nitrogens with one attached hydrogen (secondary N) is 1. The van der Waals surface area contributed by atoms with Crippen molar-refractivity contribution in [1.82, 2.24) is 5.16 Å². The summed E-state index contributed by atoms with van der Waals surface area (Å²) in [5.41, 5.74) is 3.72. The van der Waals surface area contributed by atoms with E-state index >= 15 is 0 Å². The minimum Gasteiger partial charge on any atom is -0.480 e. The van der Waals surface area contributed by atoms with Gasteiger partial charge < -0.3 is 15.4 Å². The summed E-state index contributed by atoms with van der Waals surface area (Å²) in [6.45, 7) is 0. The molecule has 0 fully saturated rings. The van der Waals surface area contributed by atoms with E-state index in [1.54, 1.807) is 0 Å². The summed E-state index contributed by atoms with van der Waals surface area (Å²) in [6, 6.07) is 0. The third-order valence-corrected chi connectivity index (χ3v) is 2.83. The molecule has 1 heterocycles. The number of rotatable bonds is 1. The molecule has 6 nitrogen and oxygen atoms in total. The summed E-state index contributed by atoms with van der Waals surface area (Å²) in [7, 11) is 0. The molecule has 0 radical (unpaired) electrons. The number of fused-ring (bicyclic) bond motifs is 1. The van der Waals surface area contributed by atoms with Gasteiger partial charge >= 0.3 is 5.97 Å². The van der Waals surface area contributed by atoms with Crippen molar-refractivity contribution in [2.75, 3.05) is 0 Å². The fourth-order valence-electron chi connectivity index (χ4n) is 1.99. The van der Waals surface area contributed by atoms with Gasteiger partial charge in [-0.15, -0.1) is 0 Å². The lowest BCUT2D eigenvalue weighted by molar-refractivity contribution is -0.144. The summed E-state index contributed by atoms with van der Waals surface area (Å²) in [4.78, 5) is 22.6. The molecule has 0 bridgehead atoms. The van der Waals surface area contributed by atoms with E-state index in [-0.39, 0.29) is 12.0 Å². The van der Waals surface area contributed by atoms with Gasteiger partial charge in [-0.05, 0) is 12.8 Å². The summed E-state index contributed by atoms with van der Waals surface area (Å²) in [6.07, 6.45) is 2.27. The highest BCUT2D eigenvalue weighted by atomic mass is 16.5. The zero-order valence-electron chi connectivity index (χ0n) is 8.08. The van der Waals surface area contributed by atoms with Crippen LogP contribution in [-0.4, -0.2) is 16.2 Å². The van der Waals surface area contributed by atoms with Crippen molar-refractivity contribution in [3.63, 3.8) is 0 Å². The second-order valence-corrected chi connectivity index (χ2v) is 3.82. The topological polar surface area (TPSA) is 109 Å². The Labute approximate surface area is 85.0 Å². The van der Waals surface area contributed by atoms with Crippen LogP contribution in [0.25, 0.3) is 0 Å². The second-order valence-electron chi connectivity index (χ2n) is 3.82. The average molecular weight is 212 g/mol. The van der Waals surface area contributed by atoms with Crippen LogP contribution in [0.5, 0.6) is 0 Å². The Morgan fingerprint density at radius 1 is 1.53 bits per heavy atom. The Morgan fingerprint density at radius 3 is 2.93 bits per heavy atom. The number of nitrogens with two attached hydrogens (primary N) is 1. The molecule has 1 aromatic heterocycles. The Bertz CT molecular complexity index is 447. The molecule has 0 aliphatic heterocycles. The van der Waals surface area contributed by atoms with Crippen LogP contribution in [0, 0.1) is 0 Å². The minimum absolute atomic E-state index is 0.0764. The Balaban J connectivity index is 2.63. The van der Waals surface area contributed by atoms with Crippen LogP contribution in [0.3, 0.4) is 0 Å². The molecule has 1 atom stereocenters. The summed E-state index contributed by atoms with van der Waals surface area (Å²) in [5.74, 6) is -0.806. The normalized spacial score (nSPS) is 25.7. The van der Waals surface area contributed by atoms with Gasteiger partial charge in [0.25, 0.3) is 5.56 Å². The fraction of sp³-hybridized carbons (Fsp3) is 0.556. The minimum atomic E-state index is -1.60. The molecule has 6 heteroatoms. The van der Waals surface area contributed by atoms with Gasteiger partial charge in [0.15, 0.2) is 0 Å². The second kappa shape index (κ2) is 3.23. The molecule has 0 aromatic carbocycles. The van der Waals surface area contributed by atoms with E-state index in [1.165, 1.54) is 0 Å². The number of H-pyrrole nitrogens is 1. The van der Waals surface area contributed by atoms with Crippen LogP contribution < -0.4 is 11.3 Å². The van der Waals surface area contributed by atoms with E-state index in [0.717, 1.165) is 6.42 Å². The van der Waals surface area contributed by atoms with Crippen LogP contribution in [-0.2, 0) is 16.8 Å². The number of carbonyl (C=O) groups is 1. The van der Waals surface area contributed by atoms with E-state index < -0.39 is 17.1 Å². The molecule has 1 aromatic rings. The number of hydrogen-bond donors (Lipinski definition) is 3. The molecule has 15 heavy (non-hydrogen) atoms. The van der Waals surface area contributed by atoms with Crippen molar-refractivity contribution in [1.29, 1.82) is 0 Å². The SMILES string of the molecule is N[C@@]1(C(=O)O)CCCCc2o[nH]c(=O)c21. The van der Waals surface area contributed by atoms with Crippen molar-refractivity contribution < 1.29 is 14.4 Å². The van der Waals surface area contributed by atoms with Gasteiger partial charge in [0, 0.05) is 6.42 Å². The zero-order valence-corrected chi connectivity index (χ0v) is 8.08. The highest BCUT2D eigenvalue weighted by Gasteiger charge is 2.43. The maximum Gasteiger partial charge on any atom is 0.328 e. The molecule has 0 unspecified atom stereocenters. The van der Waals surface area contributed by atoms with E-state index in [1.807, 2.05) is 0 Å². The summed E-state index contributed by atoms with van der Waals surface area (Å²) < 4.78 is 4.93. The van der Waals surface area contributed by atoms with Crippen molar-refractivity contribution in [2.45, 2.75) is 31.2 Å². The number of aryl methyl sites for hydroxylation is 1. The Kier molecular flexibility index (Phi) is 2.15. The first-order chi connectivity index (χ1) is 7.05. The molecular formula is C9H12N2O4. The monoisotopic (exact) mass is 212 g/mol. The number of aromatic amines is 1. The first-order valence-corrected chi connectivity index (χ1v) is 4.79. The predicted octanol–water partition coefficient (Wildman–Crippen LogP) is -0.0671. The molecule has 1 aliphatic rings. The van der Waals surface area contributed by atoms with Crippen LogP contribution in [0.4, 0.5) is 0 Å². The van der Waals surface area contributed by atoms with E-state index in [2.05, 4.69) is 5.16 Å². The van der Waals surface area contributed by atoms with Crippen molar-refractivity contribution in [2.24, 2.45) is 5.73 Å². The summed E-state index contributed by atoms with van der Waals surface area (Å²) in [5, 5.41) is 11.2. The number of aromatic nitrogens is 1. The highest BCUT2D eigenvalue weighted by Crippen LogP contribution is 2.29. The molecule has 0 spiro atoms. The van der Waals surface area contributed by atoms with Crippen molar-refractivity contribution >= 4 is 5.97 Å². The first kappa shape index (κ1) is 9.97. The van der Waals surface area contributed by atoms with Gasteiger partial charge in [-0.1, -0.05) is 6.42 Å². The Hall–Kier alpha value is -1.56. The van der Waals surface area contributed by atoms with Crippen molar-refractivity contribution in [3.8, 4) is 0 Å². The smallest absolute Gasteiger partial charge is 0.328 e. The number of carboxylic acid groups (broad SMARTS) is 1. The summed E-state index contributed by atoms with van der Waals surface area (Å²) >= 11 is 0. The zero-order chi connectivity index (χ0) is 11.1. The van der Waals surface area contributed by atoms with Crippen LogP contribution >= 0.6 is 0 Å². The highest BCUT2D eigenvalue weighted by molar-refractivity contribution is 5.80. The fourth-order valence-corrected chi connectivity index (χ4v) is 1.99. The predicted molar refractivity (Wildman–Crippen MR) is 50.4 cm³/mol. The molecule has 82 valence electrons. The third-order valence-electron chi connectivity index (χ3n) is 2.83. The maximum atomic E-state index is 11.4. The molecule has 4 N–H and O–H groups in total. The lowest BCUT2D eigenvalue weighted by Gasteiger charge is -2.20. The molecular weight excluding hydrogens is 200 g/mol. The maximum absolute atomic E-state index is 11.4. The first-order valence-electron chi connectivity index (χ1n) is 4.79. The molecule has 0 saturated carbocycles. The lowest BCUT2D eigenvalue weighted by Crippen LogP contribution is -2.47. The third kappa shape index (κ3) is 1.37. The number of aliphatic carboxylic acids is 1. The average Bonchev–Trinajstić information content (AvgIpc) is 2.44. The van der Waals surface area contributed by atoms with E-state index in [9.17, 15) is 9.59 Å². The van der Waals surface area contributed by atoms with E-state index in [4.69, 9.17) is 15.4 Å². The van der Waals surface area contributed by atoms with Gasteiger partial charge in [-0.3, -0.25) is 4.79 Å². The Morgan fingerprint density at radius 2 is 2.27 bits per heavy atom. The van der Waals surface area contributed by atoms with Gasteiger partial charge in [-0.25, -0.2) is 4.79 Å². The quantitative estimate of drug-likeness (QED) is 0.564. The standard InChI is InChI=1S/C9H12N2O4/c10-9(8(13)14)4-2-1-3-5-6(9)7(12)11-15-5/h1-4,10H2,(H,11,12)(H,13,14)/t9-/m0/s1. The molecule has 0 saturated heterocycles. The van der Waals surface area contributed by atoms with Gasteiger partial charge in [0.05, 0.1) is 5.56 Å². The molecule has 2 rings (SSSR count). The number of carboxylic acids is 1. The van der Waals surface area contributed by atoms with Crippen molar-refractivity contribution in [3.05, 3.63) is 21.7 Å². The van der Waals surface area contributed by atoms with Crippen LogP contribution in [0.2, 0.25) is 0 Å². The largest absolute Gasteiger partial charge is 0.480 e. The molecule has 0 amide bonds. The number of hydrogen-bond acceptors (Lipinski definition) is 4. The van der Waals surface area contributed by atoms with E-state index in [0.29, 0.717) is 18.6 Å². The lowest BCUT2D eigenvalue weighted by atomic mass is 9.88. The van der Waals surface area contributed by atoms with Gasteiger partial charge in [0.2, 0.25) is 0 Å². The van der Waals surface area contributed by atoms with Crippen LogP contribution in [0.15, 0.2) is 9.32 Å². The van der Waals surface area contributed by atoms with Gasteiger partial charge in [-0.2, -0.15) is 5.16 Å². The van der Waals surface area contributed by atoms with Crippen LogP contribution in [0.1, 0.15) is 30.6 Å². The molecule has 1 aliphatic carbocycles.